The molecule has 2 fully saturated rings. The molecule has 0 unspecified atom stereocenters. The average molecular weight is 402 g/mol. The first kappa shape index (κ1) is 19.1. The van der Waals surface area contributed by atoms with E-state index in [1.54, 1.807) is 4.90 Å². The lowest BCUT2D eigenvalue weighted by molar-refractivity contribution is -0.135. The molecule has 0 atom stereocenters. The minimum Gasteiger partial charge on any atom is -0.484 e. The predicted molar refractivity (Wildman–Crippen MR) is 101 cm³/mol. The molecule has 0 radical (unpaired) electrons. The van der Waals surface area contributed by atoms with E-state index in [4.69, 9.17) is 4.74 Å². The van der Waals surface area contributed by atoms with E-state index in [1.165, 1.54) is 53.5 Å². The van der Waals surface area contributed by atoms with E-state index in [0.717, 1.165) is 0 Å². The van der Waals surface area contributed by atoms with Gasteiger partial charge in [-0.2, -0.15) is 0 Å². The Hall–Kier alpha value is -3.20. The number of anilines is 1. The van der Waals surface area contributed by atoms with Crippen LogP contribution in [0.5, 0.6) is 5.75 Å². The van der Waals surface area contributed by atoms with Gasteiger partial charge in [-0.25, -0.2) is 24.0 Å². The van der Waals surface area contributed by atoms with Gasteiger partial charge in [-0.3, -0.25) is 4.79 Å². The van der Waals surface area contributed by atoms with E-state index in [-0.39, 0.29) is 30.2 Å². The van der Waals surface area contributed by atoms with Crippen LogP contribution in [0.15, 0.2) is 48.5 Å². The number of nitrogens with zero attached hydrogens (tertiary/aromatic N) is 2. The third-order valence-corrected chi connectivity index (χ3v) is 5.11. The summed E-state index contributed by atoms with van der Waals surface area (Å²) in [7, 11) is 0. The highest BCUT2D eigenvalue weighted by Gasteiger charge is 2.45. The molecule has 2 aliphatic rings. The number of nitrogens with one attached hydrogen (secondary N) is 2. The molecular weight excluding hydrogens is 382 g/mol. The summed E-state index contributed by atoms with van der Waals surface area (Å²) in [6, 6.07) is 10.8. The molecule has 0 aliphatic carbocycles. The fourth-order valence-corrected chi connectivity index (χ4v) is 3.47. The second-order valence-corrected chi connectivity index (χ2v) is 7.06. The largest absolute Gasteiger partial charge is 0.484 e. The summed E-state index contributed by atoms with van der Waals surface area (Å²) in [6.45, 7) is 0.742. The highest BCUT2D eigenvalue weighted by molar-refractivity contribution is 5.93. The molecule has 0 aromatic heterocycles. The minimum atomic E-state index is -0.653. The zero-order valence-electron chi connectivity index (χ0n) is 15.5. The van der Waals surface area contributed by atoms with Crippen LogP contribution in [0, 0.1) is 11.6 Å². The van der Waals surface area contributed by atoms with E-state index in [0.29, 0.717) is 37.4 Å². The van der Waals surface area contributed by atoms with Gasteiger partial charge in [0.1, 0.15) is 23.0 Å². The number of halogens is 2. The Bertz CT molecular complexity index is 897. The second-order valence-electron chi connectivity index (χ2n) is 7.06. The molecular formula is C20H20F2N4O3. The standard InChI is InChI=1S/C20H20F2N4O3/c21-14-1-5-16(6-2-14)26-19(28)23-20(24-26)9-11-25(12-10-20)18(27)13-29-17-7-3-15(22)4-8-17/h1-8,24H,9-13H2,(H,23,28). The van der Waals surface area contributed by atoms with Gasteiger partial charge >= 0.3 is 6.03 Å². The van der Waals surface area contributed by atoms with Gasteiger partial charge < -0.3 is 15.0 Å². The third kappa shape index (κ3) is 4.14. The Morgan fingerprint density at radius 1 is 1.00 bits per heavy atom. The molecule has 2 saturated heterocycles. The number of piperidine rings is 1. The SMILES string of the molecule is O=C(COc1ccc(F)cc1)N1CCC2(CC1)NC(=O)N(c1ccc(F)cc1)N2. The van der Waals surface area contributed by atoms with Crippen LogP contribution in [0.2, 0.25) is 0 Å². The van der Waals surface area contributed by atoms with Crippen molar-refractivity contribution in [3.63, 3.8) is 0 Å². The molecule has 2 aromatic carbocycles. The van der Waals surface area contributed by atoms with E-state index in [9.17, 15) is 18.4 Å². The number of amides is 3. The van der Waals surface area contributed by atoms with E-state index in [2.05, 4.69) is 10.7 Å². The Morgan fingerprint density at radius 2 is 1.59 bits per heavy atom. The first-order valence-corrected chi connectivity index (χ1v) is 9.26. The highest BCUT2D eigenvalue weighted by atomic mass is 19.1. The van der Waals surface area contributed by atoms with Crippen molar-refractivity contribution in [3.05, 3.63) is 60.2 Å². The minimum absolute atomic E-state index is 0.139. The second kappa shape index (κ2) is 7.67. The Balaban J connectivity index is 1.31. The lowest BCUT2D eigenvalue weighted by Crippen LogP contribution is -2.59. The number of carbonyl (C=O) groups is 2. The van der Waals surface area contributed by atoms with Gasteiger partial charge in [0.05, 0.1) is 5.69 Å². The molecule has 2 heterocycles. The normalized spacial score (nSPS) is 18.1. The van der Waals surface area contributed by atoms with Crippen LogP contribution in [-0.2, 0) is 4.79 Å². The Labute approximate surface area is 166 Å². The number of urea groups is 1. The van der Waals surface area contributed by atoms with Crippen molar-refractivity contribution in [3.8, 4) is 5.75 Å². The number of hydrogen-bond acceptors (Lipinski definition) is 4. The van der Waals surface area contributed by atoms with E-state index in [1.807, 2.05) is 0 Å². The molecule has 0 saturated carbocycles. The van der Waals surface area contributed by atoms with Gasteiger partial charge in [0, 0.05) is 25.9 Å². The fourth-order valence-electron chi connectivity index (χ4n) is 3.47. The maximum absolute atomic E-state index is 13.1. The summed E-state index contributed by atoms with van der Waals surface area (Å²) in [5.74, 6) is -0.500. The van der Waals surface area contributed by atoms with Crippen LogP contribution >= 0.6 is 0 Å². The zero-order valence-corrected chi connectivity index (χ0v) is 15.5. The molecule has 7 nitrogen and oxygen atoms in total. The monoisotopic (exact) mass is 402 g/mol. The summed E-state index contributed by atoms with van der Waals surface area (Å²) in [5.41, 5.74) is 3.04. The fraction of sp³-hybridized carbons (Fsp3) is 0.300. The van der Waals surface area contributed by atoms with Crippen LogP contribution in [0.25, 0.3) is 0 Å². The van der Waals surface area contributed by atoms with Crippen molar-refractivity contribution < 1.29 is 23.1 Å². The number of hydrogen-bond donors (Lipinski definition) is 2. The van der Waals surface area contributed by atoms with Crippen LogP contribution in [0.4, 0.5) is 19.3 Å². The summed E-state index contributed by atoms with van der Waals surface area (Å²) in [4.78, 5) is 26.4. The first-order valence-electron chi connectivity index (χ1n) is 9.26. The number of likely N-dealkylation sites (tertiary alicyclic amines) is 1. The number of hydrazine groups is 1. The molecule has 152 valence electrons. The number of rotatable bonds is 4. The van der Waals surface area contributed by atoms with Gasteiger partial charge in [0.2, 0.25) is 0 Å². The zero-order chi connectivity index (χ0) is 20.4. The van der Waals surface area contributed by atoms with Crippen molar-refractivity contribution in [2.75, 3.05) is 24.7 Å². The van der Waals surface area contributed by atoms with E-state index < -0.39 is 5.66 Å². The molecule has 2 aliphatic heterocycles. The topological polar surface area (TPSA) is 73.9 Å². The maximum Gasteiger partial charge on any atom is 0.338 e. The lowest BCUT2D eigenvalue weighted by atomic mass is 9.98. The summed E-state index contributed by atoms with van der Waals surface area (Å²) >= 11 is 0. The predicted octanol–water partition coefficient (Wildman–Crippen LogP) is 2.40. The third-order valence-electron chi connectivity index (χ3n) is 5.11. The molecule has 2 aromatic rings. The Kier molecular flexibility index (Phi) is 5.06. The van der Waals surface area contributed by atoms with Crippen molar-refractivity contribution in [2.45, 2.75) is 18.5 Å². The molecule has 9 heteroatoms. The van der Waals surface area contributed by atoms with Crippen LogP contribution in [0.3, 0.4) is 0 Å². The van der Waals surface area contributed by atoms with Gasteiger partial charge in [0.15, 0.2) is 6.61 Å². The molecule has 29 heavy (non-hydrogen) atoms. The summed E-state index contributed by atoms with van der Waals surface area (Å²) < 4.78 is 31.5. The first-order chi connectivity index (χ1) is 13.9. The number of ether oxygens (including phenoxy) is 1. The van der Waals surface area contributed by atoms with Gasteiger partial charge in [-0.05, 0) is 48.5 Å². The van der Waals surface area contributed by atoms with Gasteiger partial charge in [-0.1, -0.05) is 0 Å². The maximum atomic E-state index is 13.1. The lowest BCUT2D eigenvalue weighted by Gasteiger charge is -2.38. The van der Waals surface area contributed by atoms with Crippen LogP contribution < -0.4 is 20.5 Å². The Morgan fingerprint density at radius 3 is 2.21 bits per heavy atom. The molecule has 0 bridgehead atoms. The highest BCUT2D eigenvalue weighted by Crippen LogP contribution is 2.27. The van der Waals surface area contributed by atoms with Gasteiger partial charge in [-0.15, -0.1) is 0 Å². The smallest absolute Gasteiger partial charge is 0.338 e. The molecule has 1 spiro atoms. The van der Waals surface area contributed by atoms with Crippen molar-refractivity contribution in [1.29, 1.82) is 0 Å². The number of benzene rings is 2. The molecule has 3 amide bonds. The summed E-state index contributed by atoms with van der Waals surface area (Å²) in [6.07, 6.45) is 1.03. The molecule has 2 N–H and O–H groups in total. The van der Waals surface area contributed by atoms with Crippen molar-refractivity contribution >= 4 is 17.6 Å². The van der Waals surface area contributed by atoms with Crippen molar-refractivity contribution in [2.24, 2.45) is 0 Å². The van der Waals surface area contributed by atoms with Gasteiger partial charge in [0.25, 0.3) is 5.91 Å². The van der Waals surface area contributed by atoms with Crippen LogP contribution in [-0.4, -0.2) is 42.2 Å². The average Bonchev–Trinajstić information content (AvgIpc) is 3.04. The van der Waals surface area contributed by atoms with E-state index >= 15 is 0 Å². The quantitative estimate of drug-likeness (QED) is 0.824. The summed E-state index contributed by atoms with van der Waals surface area (Å²) in [5, 5.41) is 4.29. The van der Waals surface area contributed by atoms with Crippen molar-refractivity contribution in [1.82, 2.24) is 15.6 Å². The number of carbonyl (C=O) groups excluding carboxylic acids is 2. The van der Waals surface area contributed by atoms with Crippen LogP contribution in [0.1, 0.15) is 12.8 Å². The molecule has 4 rings (SSSR count).